The Balaban J connectivity index is 2.78. The molecule has 2 aromatic rings. The lowest BCUT2D eigenvalue weighted by atomic mass is 10.2. The maximum Gasteiger partial charge on any atom is 0.258 e. The molecule has 0 N–H and O–H groups in total. The molecular weight excluding hydrogens is 333 g/mol. The Bertz CT molecular complexity index is 412. The zero-order valence-electron chi connectivity index (χ0n) is 6.05. The molecular formula is C8H5BrINO. The Hall–Kier alpha value is -0.100. The fourth-order valence-corrected chi connectivity index (χ4v) is 2.01. The third-order valence-corrected chi connectivity index (χ3v) is 2.68. The van der Waals surface area contributed by atoms with Gasteiger partial charge in [0.05, 0.1) is 0 Å². The van der Waals surface area contributed by atoms with E-state index in [9.17, 15) is 0 Å². The van der Waals surface area contributed by atoms with Crippen molar-refractivity contribution in [3.05, 3.63) is 27.7 Å². The van der Waals surface area contributed by atoms with Gasteiger partial charge in [-0.25, -0.2) is 4.98 Å². The minimum atomic E-state index is 0.691. The topological polar surface area (TPSA) is 26.0 Å². The number of alkyl halides is 1. The van der Waals surface area contributed by atoms with Crippen LogP contribution in [0, 0.1) is 3.90 Å². The van der Waals surface area contributed by atoms with E-state index in [1.807, 2.05) is 18.2 Å². The van der Waals surface area contributed by atoms with E-state index in [0.29, 0.717) is 3.90 Å². The van der Waals surface area contributed by atoms with Gasteiger partial charge in [0.1, 0.15) is 5.52 Å². The molecule has 0 saturated heterocycles. The third-order valence-electron chi connectivity index (χ3n) is 1.61. The molecule has 0 aliphatic rings. The van der Waals surface area contributed by atoms with Crippen molar-refractivity contribution in [2.45, 2.75) is 5.33 Å². The second kappa shape index (κ2) is 3.33. The molecule has 2 rings (SSSR count). The van der Waals surface area contributed by atoms with E-state index < -0.39 is 0 Å². The van der Waals surface area contributed by atoms with Crippen LogP contribution in [0.1, 0.15) is 5.56 Å². The molecule has 1 aromatic carbocycles. The van der Waals surface area contributed by atoms with Gasteiger partial charge in [0.15, 0.2) is 5.58 Å². The van der Waals surface area contributed by atoms with Gasteiger partial charge in [-0.05, 0) is 6.07 Å². The van der Waals surface area contributed by atoms with Gasteiger partial charge in [0.25, 0.3) is 3.90 Å². The number of benzene rings is 1. The predicted molar refractivity (Wildman–Crippen MR) is 59.4 cm³/mol. The Morgan fingerprint density at radius 2 is 2.33 bits per heavy atom. The lowest BCUT2D eigenvalue weighted by molar-refractivity contribution is 0.564. The normalized spacial score (nSPS) is 10.8. The zero-order chi connectivity index (χ0) is 8.55. The number of aromatic nitrogens is 1. The number of fused-ring (bicyclic) bond motifs is 1. The second-order valence-electron chi connectivity index (χ2n) is 2.37. The fraction of sp³-hybridized carbons (Fsp3) is 0.125. The van der Waals surface area contributed by atoms with E-state index >= 15 is 0 Å². The Morgan fingerprint density at radius 3 is 3.08 bits per heavy atom. The summed E-state index contributed by atoms with van der Waals surface area (Å²) in [6.45, 7) is 0. The third kappa shape index (κ3) is 1.37. The summed E-state index contributed by atoms with van der Waals surface area (Å²) < 4.78 is 6.13. The number of hydrogen-bond acceptors (Lipinski definition) is 2. The van der Waals surface area contributed by atoms with Crippen LogP contribution in [-0.4, -0.2) is 4.98 Å². The minimum Gasteiger partial charge on any atom is -0.432 e. The average molecular weight is 338 g/mol. The summed E-state index contributed by atoms with van der Waals surface area (Å²) in [7, 11) is 0. The summed E-state index contributed by atoms with van der Waals surface area (Å²) in [4.78, 5) is 4.22. The first-order chi connectivity index (χ1) is 5.81. The molecule has 0 amide bonds. The molecule has 4 heteroatoms. The van der Waals surface area contributed by atoms with Gasteiger partial charge in [0, 0.05) is 33.5 Å². The van der Waals surface area contributed by atoms with Crippen molar-refractivity contribution >= 4 is 49.6 Å². The maximum absolute atomic E-state index is 5.44. The SMILES string of the molecule is BrCc1cccc2nc(I)oc12. The Morgan fingerprint density at radius 1 is 1.50 bits per heavy atom. The van der Waals surface area contributed by atoms with Gasteiger partial charge in [-0.3, -0.25) is 0 Å². The van der Waals surface area contributed by atoms with Crippen LogP contribution in [0.4, 0.5) is 0 Å². The molecule has 0 aliphatic carbocycles. The van der Waals surface area contributed by atoms with Crippen LogP contribution < -0.4 is 0 Å². The van der Waals surface area contributed by atoms with Gasteiger partial charge in [-0.15, -0.1) is 0 Å². The standard InChI is InChI=1S/C8H5BrINO/c9-4-5-2-1-3-6-7(5)12-8(10)11-6/h1-3H,4H2. The summed E-state index contributed by atoms with van der Waals surface area (Å²) in [5.41, 5.74) is 2.96. The van der Waals surface area contributed by atoms with E-state index in [0.717, 1.165) is 22.0 Å². The van der Waals surface area contributed by atoms with E-state index in [1.54, 1.807) is 0 Å². The summed E-state index contributed by atoms with van der Waals surface area (Å²) in [6, 6.07) is 5.96. The molecule has 0 saturated carbocycles. The fourth-order valence-electron chi connectivity index (χ4n) is 1.08. The second-order valence-corrected chi connectivity index (χ2v) is 3.85. The van der Waals surface area contributed by atoms with Crippen LogP contribution in [0.3, 0.4) is 0 Å². The van der Waals surface area contributed by atoms with E-state index in [-0.39, 0.29) is 0 Å². The summed E-state index contributed by atoms with van der Waals surface area (Å²) >= 11 is 5.47. The predicted octanol–water partition coefficient (Wildman–Crippen LogP) is 3.33. The van der Waals surface area contributed by atoms with Crippen LogP contribution in [0.2, 0.25) is 0 Å². The first kappa shape index (κ1) is 8.50. The number of para-hydroxylation sites is 1. The maximum atomic E-state index is 5.44. The molecule has 0 aliphatic heterocycles. The smallest absolute Gasteiger partial charge is 0.258 e. The number of rotatable bonds is 1. The monoisotopic (exact) mass is 337 g/mol. The molecule has 0 bridgehead atoms. The van der Waals surface area contributed by atoms with Crippen LogP contribution in [0.5, 0.6) is 0 Å². The van der Waals surface area contributed by atoms with Gasteiger partial charge in [-0.2, -0.15) is 0 Å². The summed E-state index contributed by atoms with van der Waals surface area (Å²) in [6.07, 6.45) is 0. The average Bonchev–Trinajstić information content (AvgIpc) is 2.44. The van der Waals surface area contributed by atoms with E-state index in [2.05, 4.69) is 43.5 Å². The largest absolute Gasteiger partial charge is 0.432 e. The molecule has 2 nitrogen and oxygen atoms in total. The van der Waals surface area contributed by atoms with Crippen LogP contribution in [-0.2, 0) is 5.33 Å². The highest BCUT2D eigenvalue weighted by Gasteiger charge is 2.05. The molecule has 0 unspecified atom stereocenters. The van der Waals surface area contributed by atoms with Crippen LogP contribution in [0.15, 0.2) is 22.6 Å². The quantitative estimate of drug-likeness (QED) is 0.589. The highest BCUT2D eigenvalue weighted by molar-refractivity contribution is 14.1. The van der Waals surface area contributed by atoms with E-state index in [4.69, 9.17) is 4.42 Å². The van der Waals surface area contributed by atoms with Gasteiger partial charge < -0.3 is 4.42 Å². The first-order valence-electron chi connectivity index (χ1n) is 3.41. The Labute approximate surface area is 91.6 Å². The van der Waals surface area contributed by atoms with Crippen molar-refractivity contribution in [3.63, 3.8) is 0 Å². The Kier molecular flexibility index (Phi) is 2.36. The van der Waals surface area contributed by atoms with Crippen molar-refractivity contribution in [3.8, 4) is 0 Å². The van der Waals surface area contributed by atoms with Gasteiger partial charge in [0.2, 0.25) is 0 Å². The van der Waals surface area contributed by atoms with E-state index in [1.165, 1.54) is 0 Å². The van der Waals surface area contributed by atoms with Gasteiger partial charge in [-0.1, -0.05) is 28.1 Å². The molecule has 0 spiro atoms. The first-order valence-corrected chi connectivity index (χ1v) is 5.61. The number of hydrogen-bond donors (Lipinski definition) is 0. The summed E-state index contributed by atoms with van der Waals surface area (Å²) in [5.74, 6) is 0. The lowest BCUT2D eigenvalue weighted by Crippen LogP contribution is -1.76. The number of oxazole rings is 1. The van der Waals surface area contributed by atoms with Crippen LogP contribution >= 0.6 is 38.5 Å². The summed E-state index contributed by atoms with van der Waals surface area (Å²) in [5, 5.41) is 0.801. The van der Waals surface area contributed by atoms with Crippen molar-refractivity contribution in [1.82, 2.24) is 4.98 Å². The van der Waals surface area contributed by atoms with Crippen molar-refractivity contribution in [2.75, 3.05) is 0 Å². The van der Waals surface area contributed by atoms with Gasteiger partial charge >= 0.3 is 0 Å². The highest BCUT2D eigenvalue weighted by Crippen LogP contribution is 2.22. The zero-order valence-corrected chi connectivity index (χ0v) is 9.79. The highest BCUT2D eigenvalue weighted by atomic mass is 127. The number of nitrogens with zero attached hydrogens (tertiary/aromatic N) is 1. The lowest BCUT2D eigenvalue weighted by Gasteiger charge is -1.93. The van der Waals surface area contributed by atoms with Crippen molar-refractivity contribution in [1.29, 1.82) is 0 Å². The molecule has 12 heavy (non-hydrogen) atoms. The number of halogens is 2. The molecule has 1 aromatic heterocycles. The van der Waals surface area contributed by atoms with Crippen molar-refractivity contribution in [2.24, 2.45) is 0 Å². The molecule has 1 heterocycles. The molecule has 0 radical (unpaired) electrons. The molecule has 0 fully saturated rings. The van der Waals surface area contributed by atoms with Crippen LogP contribution in [0.25, 0.3) is 11.1 Å². The minimum absolute atomic E-state index is 0.691. The molecule has 0 atom stereocenters. The van der Waals surface area contributed by atoms with Crippen molar-refractivity contribution < 1.29 is 4.42 Å². The molecule has 62 valence electrons.